The Morgan fingerprint density at radius 1 is 1.57 bits per heavy atom. The minimum Gasteiger partial charge on any atom is -0.383 e. The highest BCUT2D eigenvalue weighted by Crippen LogP contribution is 2.26. The monoisotopic (exact) mass is 218 g/mol. The van der Waals surface area contributed by atoms with Crippen molar-refractivity contribution in [3.8, 4) is 0 Å². The Morgan fingerprint density at radius 3 is 2.71 bits per heavy atom. The summed E-state index contributed by atoms with van der Waals surface area (Å²) in [6.45, 7) is 1.30. The van der Waals surface area contributed by atoms with E-state index in [0.29, 0.717) is 13.2 Å². The number of thioether (sulfide) groups is 1. The summed E-state index contributed by atoms with van der Waals surface area (Å²) in [5.41, 5.74) is 4.95. The second-order valence-corrected chi connectivity index (χ2v) is 4.70. The molecule has 0 unspecified atom stereocenters. The number of primary amides is 1. The van der Waals surface area contributed by atoms with Crippen molar-refractivity contribution in [2.45, 2.75) is 18.4 Å². The number of carbonyl (C=O) groups is 1. The Kier molecular flexibility index (Phi) is 4.71. The predicted molar refractivity (Wildman–Crippen MR) is 58.4 cm³/mol. The van der Waals surface area contributed by atoms with Crippen LogP contribution in [0.2, 0.25) is 0 Å². The van der Waals surface area contributed by atoms with E-state index in [9.17, 15) is 4.79 Å². The second-order valence-electron chi connectivity index (χ2n) is 3.48. The van der Waals surface area contributed by atoms with Crippen LogP contribution < -0.4 is 11.1 Å². The number of ether oxygens (including phenoxy) is 1. The second kappa shape index (κ2) is 5.58. The molecule has 0 radical (unpaired) electrons. The molecule has 3 N–H and O–H groups in total. The summed E-state index contributed by atoms with van der Waals surface area (Å²) >= 11 is 1.87. The van der Waals surface area contributed by atoms with Crippen molar-refractivity contribution in [3.05, 3.63) is 0 Å². The van der Waals surface area contributed by atoms with Gasteiger partial charge in [-0.15, -0.1) is 0 Å². The van der Waals surface area contributed by atoms with E-state index in [1.807, 2.05) is 11.8 Å². The maximum atomic E-state index is 11.4. The number of hydrogen-bond donors (Lipinski definition) is 2. The average molecular weight is 218 g/mol. The highest BCUT2D eigenvalue weighted by Gasteiger charge is 2.37. The first-order valence-corrected chi connectivity index (χ1v) is 5.98. The van der Waals surface area contributed by atoms with Gasteiger partial charge in [-0.25, -0.2) is 0 Å². The zero-order valence-corrected chi connectivity index (χ0v) is 9.36. The third-order valence-corrected chi connectivity index (χ3v) is 3.57. The number of hydrogen-bond acceptors (Lipinski definition) is 4. The number of nitrogens with one attached hydrogen (secondary N) is 1. The topological polar surface area (TPSA) is 64.3 Å². The molecule has 0 aliphatic carbocycles. The van der Waals surface area contributed by atoms with Gasteiger partial charge < -0.3 is 15.8 Å². The van der Waals surface area contributed by atoms with E-state index in [4.69, 9.17) is 10.5 Å². The van der Waals surface area contributed by atoms with Crippen LogP contribution in [-0.4, -0.2) is 43.2 Å². The molecule has 1 rings (SSSR count). The molecule has 0 spiro atoms. The molecule has 0 aromatic heterocycles. The summed E-state index contributed by atoms with van der Waals surface area (Å²) in [7, 11) is 1.65. The Balaban J connectivity index is 2.47. The van der Waals surface area contributed by atoms with Crippen LogP contribution in [0, 0.1) is 0 Å². The van der Waals surface area contributed by atoms with Crippen LogP contribution in [0.25, 0.3) is 0 Å². The van der Waals surface area contributed by atoms with Crippen LogP contribution in [0.4, 0.5) is 0 Å². The first kappa shape index (κ1) is 11.8. The largest absolute Gasteiger partial charge is 0.383 e. The number of amides is 1. The fourth-order valence-electron chi connectivity index (χ4n) is 1.62. The lowest BCUT2D eigenvalue weighted by Crippen LogP contribution is -2.58. The number of carbonyl (C=O) groups excluding carboxylic acids is 1. The molecule has 0 saturated carbocycles. The van der Waals surface area contributed by atoms with Crippen molar-refractivity contribution < 1.29 is 9.53 Å². The highest BCUT2D eigenvalue weighted by atomic mass is 32.2. The lowest BCUT2D eigenvalue weighted by molar-refractivity contribution is -0.124. The summed E-state index contributed by atoms with van der Waals surface area (Å²) in [6.07, 6.45) is 1.66. The SMILES string of the molecule is COCCNC1(C(N)=O)CCSCC1. The molecular weight excluding hydrogens is 200 g/mol. The predicted octanol–water partition coefficient (Wildman–Crippen LogP) is -0.0265. The standard InChI is InChI=1S/C9H18N2O2S/c1-13-5-4-11-9(8(10)12)2-6-14-7-3-9/h11H,2-7H2,1H3,(H2,10,12). The number of methoxy groups -OCH3 is 1. The lowest BCUT2D eigenvalue weighted by atomic mass is 9.91. The first-order chi connectivity index (χ1) is 6.71. The zero-order valence-electron chi connectivity index (χ0n) is 8.54. The molecular formula is C9H18N2O2S. The molecule has 0 aromatic carbocycles. The van der Waals surface area contributed by atoms with Crippen LogP contribution in [-0.2, 0) is 9.53 Å². The molecule has 14 heavy (non-hydrogen) atoms. The minimum atomic E-state index is -0.482. The third kappa shape index (κ3) is 2.87. The molecule has 5 heteroatoms. The highest BCUT2D eigenvalue weighted by molar-refractivity contribution is 7.99. The van der Waals surface area contributed by atoms with E-state index >= 15 is 0 Å². The van der Waals surface area contributed by atoms with E-state index in [-0.39, 0.29) is 5.91 Å². The molecule has 4 nitrogen and oxygen atoms in total. The molecule has 1 heterocycles. The number of nitrogens with two attached hydrogens (primary N) is 1. The summed E-state index contributed by atoms with van der Waals surface area (Å²) in [4.78, 5) is 11.4. The fraction of sp³-hybridized carbons (Fsp3) is 0.889. The van der Waals surface area contributed by atoms with Crippen LogP contribution in [0.5, 0.6) is 0 Å². The van der Waals surface area contributed by atoms with Gasteiger partial charge >= 0.3 is 0 Å². The maximum absolute atomic E-state index is 11.4. The van der Waals surface area contributed by atoms with Gasteiger partial charge in [-0.1, -0.05) is 0 Å². The lowest BCUT2D eigenvalue weighted by Gasteiger charge is -2.34. The Hall–Kier alpha value is -0.260. The Labute approximate surface area is 88.9 Å². The van der Waals surface area contributed by atoms with E-state index in [0.717, 1.165) is 24.3 Å². The van der Waals surface area contributed by atoms with Gasteiger partial charge in [0.05, 0.1) is 12.1 Å². The minimum absolute atomic E-state index is 0.228. The number of rotatable bonds is 5. The summed E-state index contributed by atoms with van der Waals surface area (Å²) in [5, 5.41) is 3.22. The first-order valence-electron chi connectivity index (χ1n) is 4.83. The molecule has 1 saturated heterocycles. The van der Waals surface area contributed by atoms with Gasteiger partial charge in [-0.2, -0.15) is 11.8 Å². The average Bonchev–Trinajstić information content (AvgIpc) is 2.19. The summed E-state index contributed by atoms with van der Waals surface area (Å²) in [6, 6.07) is 0. The van der Waals surface area contributed by atoms with E-state index in [2.05, 4.69) is 5.32 Å². The summed E-state index contributed by atoms with van der Waals surface area (Å²) in [5.74, 6) is 1.78. The van der Waals surface area contributed by atoms with Gasteiger partial charge in [0.2, 0.25) is 5.91 Å². The van der Waals surface area contributed by atoms with Crippen LogP contribution >= 0.6 is 11.8 Å². The Bertz CT molecular complexity index is 193. The maximum Gasteiger partial charge on any atom is 0.237 e. The van der Waals surface area contributed by atoms with Crippen LogP contribution in [0.15, 0.2) is 0 Å². The van der Waals surface area contributed by atoms with Crippen molar-refractivity contribution in [1.29, 1.82) is 0 Å². The van der Waals surface area contributed by atoms with E-state index in [1.54, 1.807) is 7.11 Å². The van der Waals surface area contributed by atoms with Crippen LogP contribution in [0.3, 0.4) is 0 Å². The fourth-order valence-corrected chi connectivity index (χ4v) is 2.81. The normalized spacial score (nSPS) is 20.6. The van der Waals surface area contributed by atoms with Crippen molar-refractivity contribution in [2.24, 2.45) is 5.73 Å². The van der Waals surface area contributed by atoms with Crippen molar-refractivity contribution in [3.63, 3.8) is 0 Å². The molecule has 0 bridgehead atoms. The molecule has 1 aliphatic rings. The van der Waals surface area contributed by atoms with Gasteiger partial charge in [-0.05, 0) is 24.3 Å². The van der Waals surface area contributed by atoms with Crippen molar-refractivity contribution in [2.75, 3.05) is 31.8 Å². The molecule has 1 fully saturated rings. The van der Waals surface area contributed by atoms with Gasteiger partial charge in [0.1, 0.15) is 0 Å². The van der Waals surface area contributed by atoms with Gasteiger partial charge in [0.15, 0.2) is 0 Å². The van der Waals surface area contributed by atoms with E-state index < -0.39 is 5.54 Å². The van der Waals surface area contributed by atoms with Gasteiger partial charge in [-0.3, -0.25) is 4.79 Å². The molecule has 0 atom stereocenters. The summed E-state index contributed by atoms with van der Waals surface area (Å²) < 4.78 is 4.94. The van der Waals surface area contributed by atoms with Gasteiger partial charge in [0, 0.05) is 13.7 Å². The molecule has 82 valence electrons. The molecule has 1 amide bonds. The smallest absolute Gasteiger partial charge is 0.237 e. The van der Waals surface area contributed by atoms with Crippen molar-refractivity contribution >= 4 is 17.7 Å². The van der Waals surface area contributed by atoms with E-state index in [1.165, 1.54) is 0 Å². The zero-order chi connectivity index (χ0) is 10.4. The Morgan fingerprint density at radius 2 is 2.21 bits per heavy atom. The van der Waals surface area contributed by atoms with Crippen molar-refractivity contribution in [1.82, 2.24) is 5.32 Å². The quantitative estimate of drug-likeness (QED) is 0.636. The molecule has 0 aromatic rings. The van der Waals surface area contributed by atoms with Crippen LogP contribution in [0.1, 0.15) is 12.8 Å². The third-order valence-electron chi connectivity index (χ3n) is 2.59. The molecule has 1 aliphatic heterocycles. The van der Waals surface area contributed by atoms with Gasteiger partial charge in [0.25, 0.3) is 0 Å².